The summed E-state index contributed by atoms with van der Waals surface area (Å²) >= 11 is 0. The molecule has 2 aliphatic rings. The number of carbonyl (C=O) groups is 1. The molecule has 0 unspecified atom stereocenters. The number of rotatable bonds is 5. The smallest absolute Gasteiger partial charge is 0.269 e. The van der Waals surface area contributed by atoms with Crippen molar-refractivity contribution in [2.24, 2.45) is 0 Å². The first-order valence-electron chi connectivity index (χ1n) is 7.93. The number of carbonyl (C=O) groups excluding carboxylic acids is 1. The lowest BCUT2D eigenvalue weighted by Gasteiger charge is -2.28. The van der Waals surface area contributed by atoms with Gasteiger partial charge in [-0.1, -0.05) is 0 Å². The van der Waals surface area contributed by atoms with Gasteiger partial charge in [0.2, 0.25) is 0 Å². The number of amides is 1. The van der Waals surface area contributed by atoms with Gasteiger partial charge in [0.25, 0.3) is 11.6 Å². The van der Waals surface area contributed by atoms with E-state index >= 15 is 0 Å². The van der Waals surface area contributed by atoms with Gasteiger partial charge in [-0.3, -0.25) is 14.9 Å². The summed E-state index contributed by atoms with van der Waals surface area (Å²) in [6.45, 7) is 1.47. The van der Waals surface area contributed by atoms with Crippen molar-refractivity contribution in [2.45, 2.75) is 37.8 Å². The number of non-ortho nitro benzene ring substituents is 1. The SMILES string of the molecule is O=C(COc1ccc([N+](=O)[O-])cc1)N1CCC[C@H]1[C@H]1CCCO1. The minimum atomic E-state index is -0.467. The van der Waals surface area contributed by atoms with Crippen molar-refractivity contribution in [1.82, 2.24) is 4.90 Å². The Kier molecular flexibility index (Phi) is 4.76. The lowest BCUT2D eigenvalue weighted by atomic mass is 10.1. The Balaban J connectivity index is 1.55. The molecule has 0 spiro atoms. The third-order valence-electron chi connectivity index (χ3n) is 4.42. The topological polar surface area (TPSA) is 81.9 Å². The van der Waals surface area contributed by atoms with Gasteiger partial charge in [-0.25, -0.2) is 0 Å². The first-order chi connectivity index (χ1) is 11.1. The highest BCUT2D eigenvalue weighted by atomic mass is 16.6. The Bertz CT molecular complexity index is 568. The van der Waals surface area contributed by atoms with E-state index in [-0.39, 0.29) is 30.3 Å². The van der Waals surface area contributed by atoms with E-state index in [1.165, 1.54) is 24.3 Å². The minimum absolute atomic E-state index is 0.00154. The molecule has 0 radical (unpaired) electrons. The molecule has 124 valence electrons. The Hall–Kier alpha value is -2.15. The Labute approximate surface area is 134 Å². The zero-order valence-electron chi connectivity index (χ0n) is 12.8. The van der Waals surface area contributed by atoms with E-state index in [1.54, 1.807) is 0 Å². The summed E-state index contributed by atoms with van der Waals surface area (Å²) in [6, 6.07) is 5.90. The van der Waals surface area contributed by atoms with Crippen LogP contribution in [-0.2, 0) is 9.53 Å². The van der Waals surface area contributed by atoms with Crippen LogP contribution in [0.15, 0.2) is 24.3 Å². The Morgan fingerprint density at radius 1 is 1.30 bits per heavy atom. The second kappa shape index (κ2) is 6.95. The molecule has 1 aromatic rings. The maximum atomic E-state index is 12.4. The van der Waals surface area contributed by atoms with E-state index in [4.69, 9.17) is 9.47 Å². The normalized spacial score (nSPS) is 23.9. The first kappa shape index (κ1) is 15.7. The fourth-order valence-corrected chi connectivity index (χ4v) is 3.29. The minimum Gasteiger partial charge on any atom is -0.484 e. The summed E-state index contributed by atoms with van der Waals surface area (Å²) in [5, 5.41) is 10.6. The zero-order chi connectivity index (χ0) is 16.2. The van der Waals surface area contributed by atoms with E-state index in [0.717, 1.165) is 38.8 Å². The van der Waals surface area contributed by atoms with Crippen molar-refractivity contribution in [1.29, 1.82) is 0 Å². The van der Waals surface area contributed by atoms with Crippen LogP contribution in [0.25, 0.3) is 0 Å². The van der Waals surface area contributed by atoms with Crippen LogP contribution in [0.5, 0.6) is 5.75 Å². The quantitative estimate of drug-likeness (QED) is 0.613. The average Bonchev–Trinajstić information content (AvgIpc) is 3.23. The highest BCUT2D eigenvalue weighted by molar-refractivity contribution is 5.78. The maximum absolute atomic E-state index is 12.4. The molecule has 2 atom stereocenters. The summed E-state index contributed by atoms with van der Waals surface area (Å²) in [5.74, 6) is 0.401. The summed E-state index contributed by atoms with van der Waals surface area (Å²) in [4.78, 5) is 24.4. The molecule has 2 saturated heterocycles. The van der Waals surface area contributed by atoms with Crippen LogP contribution >= 0.6 is 0 Å². The van der Waals surface area contributed by atoms with Crippen LogP contribution in [0.4, 0.5) is 5.69 Å². The number of ether oxygens (including phenoxy) is 2. The molecule has 0 N–H and O–H groups in total. The van der Waals surface area contributed by atoms with Crippen LogP contribution in [0.3, 0.4) is 0 Å². The van der Waals surface area contributed by atoms with Crippen LogP contribution in [0.1, 0.15) is 25.7 Å². The molecular weight excluding hydrogens is 300 g/mol. The van der Waals surface area contributed by atoms with Crippen LogP contribution in [0.2, 0.25) is 0 Å². The van der Waals surface area contributed by atoms with E-state index in [2.05, 4.69) is 0 Å². The van der Waals surface area contributed by atoms with E-state index in [9.17, 15) is 14.9 Å². The summed E-state index contributed by atoms with van der Waals surface area (Å²) in [7, 11) is 0. The summed E-state index contributed by atoms with van der Waals surface area (Å²) in [6.07, 6.45) is 4.20. The molecule has 2 fully saturated rings. The van der Waals surface area contributed by atoms with Crippen molar-refractivity contribution >= 4 is 11.6 Å². The fraction of sp³-hybridized carbons (Fsp3) is 0.562. The molecule has 7 heteroatoms. The number of nitro benzene ring substituents is 1. The molecule has 0 aromatic heterocycles. The lowest BCUT2D eigenvalue weighted by Crippen LogP contribution is -2.44. The Morgan fingerprint density at radius 2 is 2.09 bits per heavy atom. The monoisotopic (exact) mass is 320 g/mol. The maximum Gasteiger partial charge on any atom is 0.269 e. The van der Waals surface area contributed by atoms with Crippen molar-refractivity contribution < 1.29 is 19.2 Å². The van der Waals surface area contributed by atoms with Gasteiger partial charge in [-0.2, -0.15) is 0 Å². The van der Waals surface area contributed by atoms with Crippen molar-refractivity contribution in [3.8, 4) is 5.75 Å². The molecule has 7 nitrogen and oxygen atoms in total. The number of nitro groups is 1. The van der Waals surface area contributed by atoms with Crippen molar-refractivity contribution in [3.63, 3.8) is 0 Å². The molecule has 2 aliphatic heterocycles. The van der Waals surface area contributed by atoms with Gasteiger partial charge in [-0.05, 0) is 37.8 Å². The molecule has 2 heterocycles. The standard InChI is InChI=1S/C16H20N2O5/c19-16(11-23-13-7-5-12(6-8-13)18(20)21)17-9-1-3-14(17)15-4-2-10-22-15/h5-8,14-15H,1-4,9-11H2/t14-,15+/m0/s1. The van der Waals surface area contributed by atoms with Crippen LogP contribution < -0.4 is 4.74 Å². The van der Waals surface area contributed by atoms with Gasteiger partial charge in [0.05, 0.1) is 17.1 Å². The largest absolute Gasteiger partial charge is 0.484 e. The van der Waals surface area contributed by atoms with Crippen LogP contribution in [0, 0.1) is 10.1 Å². The highest BCUT2D eigenvalue weighted by Gasteiger charge is 2.36. The van der Waals surface area contributed by atoms with Crippen LogP contribution in [-0.4, -0.2) is 47.6 Å². The molecule has 23 heavy (non-hydrogen) atoms. The van der Waals surface area contributed by atoms with Gasteiger partial charge in [-0.15, -0.1) is 0 Å². The van der Waals surface area contributed by atoms with Gasteiger partial charge in [0.1, 0.15) is 5.75 Å². The fourth-order valence-electron chi connectivity index (χ4n) is 3.29. The molecule has 0 saturated carbocycles. The molecular formula is C16H20N2O5. The molecule has 1 aromatic carbocycles. The third-order valence-corrected chi connectivity index (χ3v) is 4.42. The first-order valence-corrected chi connectivity index (χ1v) is 7.93. The van der Waals surface area contributed by atoms with Gasteiger partial charge >= 0.3 is 0 Å². The highest BCUT2D eigenvalue weighted by Crippen LogP contribution is 2.28. The number of hydrogen-bond acceptors (Lipinski definition) is 5. The summed E-state index contributed by atoms with van der Waals surface area (Å²) in [5.41, 5.74) is 0.00154. The molecule has 0 bridgehead atoms. The lowest BCUT2D eigenvalue weighted by molar-refractivity contribution is -0.384. The predicted molar refractivity (Wildman–Crippen MR) is 82.3 cm³/mol. The van der Waals surface area contributed by atoms with E-state index in [1.807, 2.05) is 4.90 Å². The number of likely N-dealkylation sites (tertiary alicyclic amines) is 1. The second-order valence-corrected chi connectivity index (χ2v) is 5.89. The van der Waals surface area contributed by atoms with Gasteiger partial charge < -0.3 is 14.4 Å². The molecule has 3 rings (SSSR count). The molecule has 1 amide bonds. The zero-order valence-corrected chi connectivity index (χ0v) is 12.8. The van der Waals surface area contributed by atoms with Gasteiger partial charge in [0.15, 0.2) is 6.61 Å². The number of hydrogen-bond donors (Lipinski definition) is 0. The van der Waals surface area contributed by atoms with E-state index < -0.39 is 4.92 Å². The number of benzene rings is 1. The second-order valence-electron chi connectivity index (χ2n) is 5.89. The Morgan fingerprint density at radius 3 is 2.74 bits per heavy atom. The molecule has 0 aliphatic carbocycles. The van der Waals surface area contributed by atoms with Crippen molar-refractivity contribution in [2.75, 3.05) is 19.8 Å². The van der Waals surface area contributed by atoms with Gasteiger partial charge in [0, 0.05) is 25.3 Å². The summed E-state index contributed by atoms with van der Waals surface area (Å²) < 4.78 is 11.2. The number of nitrogens with zero attached hydrogens (tertiary/aromatic N) is 2. The van der Waals surface area contributed by atoms with Crippen molar-refractivity contribution in [3.05, 3.63) is 34.4 Å². The average molecular weight is 320 g/mol. The predicted octanol–water partition coefficient (Wildman–Crippen LogP) is 2.14. The van der Waals surface area contributed by atoms with E-state index in [0.29, 0.717) is 5.75 Å². The third kappa shape index (κ3) is 3.61.